The zero-order chi connectivity index (χ0) is 43.1. The van der Waals surface area contributed by atoms with Crippen LogP contribution in [0.25, 0.3) is 21.8 Å². The molecule has 2 aromatic heterocycles. The largest absolute Gasteiger partial charge is 0.573 e. The molecule has 310 valence electrons. The zero-order valence-electron chi connectivity index (χ0n) is 31.6. The highest BCUT2D eigenvalue weighted by molar-refractivity contribution is 9.08. The average molecular weight is 919 g/mol. The van der Waals surface area contributed by atoms with Gasteiger partial charge >= 0.3 is 24.7 Å². The van der Waals surface area contributed by atoms with E-state index in [-0.39, 0.29) is 36.9 Å². The average Bonchev–Trinajstić information content (AvgIpc) is 3.54. The van der Waals surface area contributed by atoms with Gasteiger partial charge in [0.05, 0.1) is 25.5 Å². The molecule has 0 radical (unpaired) electrons. The number of aryl methyl sites for hydroxylation is 3. The zero-order valence-corrected chi connectivity index (χ0v) is 34.7. The Labute approximate surface area is 347 Å². The minimum absolute atomic E-state index is 0.159. The Morgan fingerprint density at radius 3 is 1.83 bits per heavy atom. The number of fused-ring (bicyclic) bond motifs is 2. The third-order valence-corrected chi connectivity index (χ3v) is 10.2. The van der Waals surface area contributed by atoms with Crippen LogP contribution in [-0.2, 0) is 39.0 Å². The first kappa shape index (κ1) is 45.8. The van der Waals surface area contributed by atoms with Gasteiger partial charge in [0, 0.05) is 49.6 Å². The molecule has 2 heterocycles. The van der Waals surface area contributed by atoms with E-state index in [1.807, 2.05) is 43.5 Å². The van der Waals surface area contributed by atoms with Crippen molar-refractivity contribution in [3.05, 3.63) is 128 Å². The molecule has 0 amide bonds. The highest BCUT2D eigenvalue weighted by Crippen LogP contribution is 2.33. The lowest BCUT2D eigenvalue weighted by atomic mass is 10.1. The Balaban J connectivity index is 0.000000211. The topological polar surface area (TPSA) is 103 Å². The fourth-order valence-electron chi connectivity index (χ4n) is 6.06. The van der Waals surface area contributed by atoms with Gasteiger partial charge in [-0.05, 0) is 110 Å². The quantitative estimate of drug-likeness (QED) is 0.0851. The molecule has 0 aliphatic heterocycles. The molecule has 17 heteroatoms. The number of ether oxygens (including phenoxy) is 3. The van der Waals surface area contributed by atoms with E-state index in [9.17, 15) is 41.0 Å². The first-order chi connectivity index (χ1) is 27.1. The number of aromatic amines is 1. The van der Waals surface area contributed by atoms with E-state index in [2.05, 4.69) is 30.4 Å². The molecule has 0 saturated carbocycles. The lowest BCUT2D eigenvalue weighted by molar-refractivity contribution is -0.275. The maximum Gasteiger partial charge on any atom is 0.573 e. The number of aliphatic carboxylic acids is 1. The summed E-state index contributed by atoms with van der Waals surface area (Å²) in [5, 5.41) is 12.8. The first-order valence-corrected chi connectivity index (χ1v) is 19.1. The van der Waals surface area contributed by atoms with Crippen LogP contribution in [0, 0.1) is 27.7 Å². The number of hydrogen-bond donors (Lipinski definition) is 2. The SMILES string of the molecule is COC(=O)Cc1c(C)[nH]c2cc(Cl)c(C)cc12.Cc1cc2c(CC(=O)O)c(C)n(Cc3cccc(OC(F)(F)F)c3)c2cc1Cl.FC(F)(F)Oc1cccc(CBr)c1. The molecule has 6 aromatic rings. The summed E-state index contributed by atoms with van der Waals surface area (Å²) in [6.07, 6.45) is -9.27. The molecule has 0 unspecified atom stereocenters. The van der Waals surface area contributed by atoms with Crippen LogP contribution in [0.2, 0.25) is 10.0 Å². The van der Waals surface area contributed by atoms with E-state index in [4.69, 9.17) is 27.9 Å². The van der Waals surface area contributed by atoms with Crippen molar-refractivity contribution in [3.8, 4) is 11.5 Å². The van der Waals surface area contributed by atoms with E-state index in [0.717, 1.165) is 60.5 Å². The molecule has 6 rings (SSSR count). The lowest BCUT2D eigenvalue weighted by Crippen LogP contribution is -2.17. The lowest BCUT2D eigenvalue weighted by Gasteiger charge is -2.12. The monoisotopic (exact) mass is 916 g/mol. The number of carbonyl (C=O) groups is 2. The summed E-state index contributed by atoms with van der Waals surface area (Å²) < 4.78 is 86.9. The highest BCUT2D eigenvalue weighted by Gasteiger charge is 2.32. The smallest absolute Gasteiger partial charge is 0.481 e. The van der Waals surface area contributed by atoms with Crippen LogP contribution in [0.1, 0.15) is 44.8 Å². The van der Waals surface area contributed by atoms with E-state index < -0.39 is 18.7 Å². The number of alkyl halides is 7. The fraction of sp³-hybridized carbons (Fsp3) is 0.268. The minimum Gasteiger partial charge on any atom is -0.481 e. The molecule has 0 fully saturated rings. The second-order valence-corrected chi connectivity index (χ2v) is 14.4. The maximum atomic E-state index is 12.5. The van der Waals surface area contributed by atoms with Gasteiger partial charge in [-0.3, -0.25) is 9.59 Å². The fourth-order valence-corrected chi connectivity index (χ4v) is 6.73. The van der Waals surface area contributed by atoms with E-state index in [1.165, 1.54) is 43.5 Å². The summed E-state index contributed by atoms with van der Waals surface area (Å²) in [5.74, 6) is -1.69. The summed E-state index contributed by atoms with van der Waals surface area (Å²) >= 11 is 15.5. The number of nitrogens with one attached hydrogen (secondary N) is 1. The molecule has 0 bridgehead atoms. The maximum absolute atomic E-state index is 12.5. The normalized spacial score (nSPS) is 11.4. The van der Waals surface area contributed by atoms with Crippen LogP contribution in [0.4, 0.5) is 26.3 Å². The first-order valence-electron chi connectivity index (χ1n) is 17.2. The molecule has 0 spiro atoms. The number of H-pyrrole nitrogens is 1. The Kier molecular flexibility index (Phi) is 15.2. The molecule has 0 saturated heterocycles. The van der Waals surface area contributed by atoms with Crippen molar-refractivity contribution in [1.29, 1.82) is 0 Å². The predicted molar refractivity (Wildman–Crippen MR) is 214 cm³/mol. The van der Waals surface area contributed by atoms with Crippen molar-refractivity contribution in [2.45, 2.75) is 65.1 Å². The molecule has 8 nitrogen and oxygen atoms in total. The van der Waals surface area contributed by atoms with E-state index in [0.29, 0.717) is 21.5 Å². The predicted octanol–water partition coefficient (Wildman–Crippen LogP) is 12.1. The standard InChI is InChI=1S/C20H17ClF3NO3.C13H14ClNO2.C8H6BrF3O/c1-11-6-16-15(8-19(26)27)12(2)25(18(16)9-17(11)21)10-13-4-3-5-14(7-13)28-20(22,23)24;1-7-4-10-9(5-13(16)17-3)8(2)15-12(10)6-11(7)14;9-5-6-2-1-3-7(4-6)13-8(10,11)12/h3-7,9H,8,10H2,1-2H3,(H,26,27);4,6,15H,5H2,1-3H3;1-4H,5H2. The number of rotatable bonds is 9. The third kappa shape index (κ3) is 12.6. The minimum atomic E-state index is -4.77. The Morgan fingerprint density at radius 2 is 1.29 bits per heavy atom. The number of benzene rings is 4. The summed E-state index contributed by atoms with van der Waals surface area (Å²) in [4.78, 5) is 25.9. The van der Waals surface area contributed by atoms with Crippen molar-refractivity contribution >= 4 is 72.9 Å². The van der Waals surface area contributed by atoms with Crippen molar-refractivity contribution in [1.82, 2.24) is 9.55 Å². The van der Waals surface area contributed by atoms with E-state index in [1.54, 1.807) is 25.1 Å². The Hall–Kier alpha value is -4.86. The molecule has 2 N–H and O–H groups in total. The summed E-state index contributed by atoms with van der Waals surface area (Å²) in [7, 11) is 1.40. The molecule has 58 heavy (non-hydrogen) atoms. The van der Waals surface area contributed by atoms with Gasteiger partial charge in [0.2, 0.25) is 0 Å². The molecule has 0 atom stereocenters. The van der Waals surface area contributed by atoms with Crippen molar-refractivity contribution in [2.24, 2.45) is 0 Å². The van der Waals surface area contributed by atoms with Crippen molar-refractivity contribution < 1.29 is 55.2 Å². The van der Waals surface area contributed by atoms with Crippen LogP contribution >= 0.6 is 39.1 Å². The summed E-state index contributed by atoms with van der Waals surface area (Å²) in [6, 6.07) is 19.0. The molecular weight excluding hydrogens is 881 g/mol. The van der Waals surface area contributed by atoms with Crippen LogP contribution in [0.3, 0.4) is 0 Å². The number of carboxylic acid groups (broad SMARTS) is 1. The number of aromatic nitrogens is 2. The number of nitrogens with zero attached hydrogens (tertiary/aromatic N) is 1. The number of methoxy groups -OCH3 is 1. The van der Waals surface area contributed by atoms with Crippen LogP contribution in [-0.4, -0.2) is 46.4 Å². The molecule has 0 aliphatic carbocycles. The second kappa shape index (κ2) is 19.3. The van der Waals surface area contributed by atoms with Crippen LogP contribution in [0.5, 0.6) is 11.5 Å². The second-order valence-electron chi connectivity index (χ2n) is 13.0. The van der Waals surface area contributed by atoms with Gasteiger partial charge in [-0.25, -0.2) is 0 Å². The number of halogens is 9. The molecule has 4 aromatic carbocycles. The van der Waals surface area contributed by atoms with Gasteiger partial charge < -0.3 is 28.9 Å². The Morgan fingerprint density at radius 1 is 0.759 bits per heavy atom. The van der Waals surface area contributed by atoms with Gasteiger partial charge in [0.25, 0.3) is 0 Å². The third-order valence-electron chi connectivity index (χ3n) is 8.77. The Bertz CT molecular complexity index is 2430. The highest BCUT2D eigenvalue weighted by atomic mass is 79.9. The number of hydrogen-bond acceptors (Lipinski definition) is 5. The van der Waals surface area contributed by atoms with Crippen molar-refractivity contribution in [2.75, 3.05) is 7.11 Å². The van der Waals surface area contributed by atoms with Crippen LogP contribution in [0.15, 0.2) is 72.8 Å². The number of carbonyl (C=O) groups excluding carboxylic acids is 1. The summed E-state index contributed by atoms with van der Waals surface area (Å²) in [5.41, 5.74) is 8.17. The number of carboxylic acids is 1. The van der Waals surface area contributed by atoms with Gasteiger partial charge in [0.15, 0.2) is 0 Å². The molecular formula is C41H37BrCl2F6N2O6. The van der Waals surface area contributed by atoms with E-state index >= 15 is 0 Å². The van der Waals surface area contributed by atoms with Crippen molar-refractivity contribution in [3.63, 3.8) is 0 Å². The molecule has 0 aliphatic rings. The summed E-state index contributed by atoms with van der Waals surface area (Å²) in [6.45, 7) is 7.76. The van der Waals surface area contributed by atoms with Gasteiger partial charge in [-0.15, -0.1) is 26.3 Å². The van der Waals surface area contributed by atoms with Crippen LogP contribution < -0.4 is 9.47 Å². The van der Waals surface area contributed by atoms with Gasteiger partial charge in [-0.2, -0.15) is 0 Å². The van der Waals surface area contributed by atoms with Gasteiger partial charge in [-0.1, -0.05) is 63.4 Å². The number of esters is 1. The van der Waals surface area contributed by atoms with Gasteiger partial charge in [0.1, 0.15) is 11.5 Å².